The standard InChI is InChI=1S/C13H19NO2/c1-3-14(2)13(15)11-16-10-9-12-7-5-4-6-8-12/h4-8H,3,9-11H2,1-2H3. The molecule has 0 aliphatic carbocycles. The molecule has 0 bridgehead atoms. The smallest absolute Gasteiger partial charge is 0.248 e. The van der Waals surface area contributed by atoms with Crippen LogP contribution >= 0.6 is 0 Å². The minimum absolute atomic E-state index is 0.0376. The lowest BCUT2D eigenvalue weighted by atomic mass is 10.2. The molecule has 0 aliphatic heterocycles. The second kappa shape index (κ2) is 7.01. The van der Waals surface area contributed by atoms with Gasteiger partial charge in [0.25, 0.3) is 0 Å². The number of benzene rings is 1. The van der Waals surface area contributed by atoms with E-state index in [0.29, 0.717) is 6.61 Å². The zero-order valence-electron chi connectivity index (χ0n) is 9.98. The summed E-state index contributed by atoms with van der Waals surface area (Å²) in [5.41, 5.74) is 1.23. The van der Waals surface area contributed by atoms with Gasteiger partial charge in [0.2, 0.25) is 5.91 Å². The Labute approximate surface area is 97.0 Å². The van der Waals surface area contributed by atoms with Crippen molar-refractivity contribution in [3.63, 3.8) is 0 Å². The first kappa shape index (κ1) is 12.7. The van der Waals surface area contributed by atoms with Gasteiger partial charge in [0.15, 0.2) is 0 Å². The summed E-state index contributed by atoms with van der Waals surface area (Å²) >= 11 is 0. The molecule has 1 aromatic carbocycles. The van der Waals surface area contributed by atoms with Crippen LogP contribution < -0.4 is 0 Å². The van der Waals surface area contributed by atoms with E-state index in [4.69, 9.17) is 4.74 Å². The van der Waals surface area contributed by atoms with Crippen molar-refractivity contribution in [1.29, 1.82) is 0 Å². The van der Waals surface area contributed by atoms with Crippen LogP contribution in [0.15, 0.2) is 30.3 Å². The maximum Gasteiger partial charge on any atom is 0.248 e. The van der Waals surface area contributed by atoms with Crippen molar-refractivity contribution in [3.05, 3.63) is 35.9 Å². The summed E-state index contributed by atoms with van der Waals surface area (Å²) in [6.45, 7) is 3.44. The van der Waals surface area contributed by atoms with Gasteiger partial charge in [-0.3, -0.25) is 4.79 Å². The molecule has 0 unspecified atom stereocenters. The number of hydrogen-bond donors (Lipinski definition) is 0. The molecule has 1 aromatic rings. The predicted molar refractivity (Wildman–Crippen MR) is 64.3 cm³/mol. The van der Waals surface area contributed by atoms with Crippen molar-refractivity contribution in [2.24, 2.45) is 0 Å². The molecule has 0 heterocycles. The maximum absolute atomic E-state index is 11.4. The number of carbonyl (C=O) groups excluding carboxylic acids is 1. The Kier molecular flexibility index (Phi) is 5.57. The van der Waals surface area contributed by atoms with Crippen LogP contribution in [0, 0.1) is 0 Å². The number of likely N-dealkylation sites (N-methyl/N-ethyl adjacent to an activating group) is 1. The molecule has 1 rings (SSSR count). The average Bonchev–Trinajstić information content (AvgIpc) is 2.34. The third-order valence-corrected chi connectivity index (χ3v) is 2.50. The van der Waals surface area contributed by atoms with Gasteiger partial charge in [-0.15, -0.1) is 0 Å². The van der Waals surface area contributed by atoms with Crippen LogP contribution in [0.2, 0.25) is 0 Å². The fourth-order valence-corrected chi connectivity index (χ4v) is 1.28. The van der Waals surface area contributed by atoms with E-state index in [9.17, 15) is 4.79 Å². The first-order valence-electron chi connectivity index (χ1n) is 5.59. The third kappa shape index (κ3) is 4.45. The molecule has 16 heavy (non-hydrogen) atoms. The Hall–Kier alpha value is -1.35. The number of carbonyl (C=O) groups is 1. The lowest BCUT2D eigenvalue weighted by Gasteiger charge is -2.14. The van der Waals surface area contributed by atoms with Gasteiger partial charge in [-0.25, -0.2) is 0 Å². The fraction of sp³-hybridized carbons (Fsp3) is 0.462. The first-order valence-corrected chi connectivity index (χ1v) is 5.59. The minimum Gasteiger partial charge on any atom is -0.371 e. The quantitative estimate of drug-likeness (QED) is 0.685. The van der Waals surface area contributed by atoms with E-state index in [-0.39, 0.29) is 12.5 Å². The third-order valence-electron chi connectivity index (χ3n) is 2.50. The summed E-state index contributed by atoms with van der Waals surface area (Å²) < 4.78 is 5.33. The summed E-state index contributed by atoms with van der Waals surface area (Å²) in [5.74, 6) is 0.0376. The molecule has 0 aliphatic rings. The van der Waals surface area contributed by atoms with Crippen LogP contribution in [-0.2, 0) is 16.0 Å². The van der Waals surface area contributed by atoms with Gasteiger partial charge < -0.3 is 9.64 Å². The van der Waals surface area contributed by atoms with Gasteiger partial charge in [0, 0.05) is 13.6 Å². The van der Waals surface area contributed by atoms with E-state index in [0.717, 1.165) is 13.0 Å². The predicted octanol–water partition coefficient (Wildman–Crippen LogP) is 1.72. The van der Waals surface area contributed by atoms with Crippen LogP contribution in [0.1, 0.15) is 12.5 Å². The Morgan fingerprint density at radius 2 is 2.00 bits per heavy atom. The van der Waals surface area contributed by atoms with Crippen LogP contribution in [0.5, 0.6) is 0 Å². The molecule has 0 saturated carbocycles. The summed E-state index contributed by atoms with van der Waals surface area (Å²) in [6.07, 6.45) is 0.851. The lowest BCUT2D eigenvalue weighted by Crippen LogP contribution is -2.30. The van der Waals surface area contributed by atoms with E-state index in [1.54, 1.807) is 11.9 Å². The summed E-state index contributed by atoms with van der Waals surface area (Å²) in [5, 5.41) is 0. The molecular weight excluding hydrogens is 202 g/mol. The summed E-state index contributed by atoms with van der Waals surface area (Å²) in [4.78, 5) is 13.0. The zero-order chi connectivity index (χ0) is 11.8. The molecule has 3 nitrogen and oxygen atoms in total. The number of hydrogen-bond acceptors (Lipinski definition) is 2. The molecule has 0 fully saturated rings. The van der Waals surface area contributed by atoms with Crippen molar-refractivity contribution < 1.29 is 9.53 Å². The SMILES string of the molecule is CCN(C)C(=O)COCCc1ccccc1. The molecule has 0 spiro atoms. The first-order chi connectivity index (χ1) is 7.74. The highest BCUT2D eigenvalue weighted by Gasteiger charge is 2.05. The fourth-order valence-electron chi connectivity index (χ4n) is 1.28. The van der Waals surface area contributed by atoms with Gasteiger partial charge in [-0.1, -0.05) is 30.3 Å². The van der Waals surface area contributed by atoms with Crippen LogP contribution in [0.3, 0.4) is 0 Å². The maximum atomic E-state index is 11.4. The highest BCUT2D eigenvalue weighted by molar-refractivity contribution is 5.77. The van der Waals surface area contributed by atoms with Crippen LogP contribution in [0.25, 0.3) is 0 Å². The lowest BCUT2D eigenvalue weighted by molar-refractivity contribution is -0.134. The van der Waals surface area contributed by atoms with E-state index in [1.807, 2.05) is 25.1 Å². The average molecular weight is 221 g/mol. The molecule has 88 valence electrons. The molecule has 0 radical (unpaired) electrons. The number of nitrogens with zero attached hydrogens (tertiary/aromatic N) is 1. The monoisotopic (exact) mass is 221 g/mol. The number of amides is 1. The number of ether oxygens (including phenoxy) is 1. The molecule has 3 heteroatoms. The van der Waals surface area contributed by atoms with Gasteiger partial charge in [0.1, 0.15) is 6.61 Å². The second-order valence-electron chi connectivity index (χ2n) is 3.70. The normalized spacial score (nSPS) is 10.1. The Bertz CT molecular complexity index is 311. The second-order valence-corrected chi connectivity index (χ2v) is 3.70. The molecule has 1 amide bonds. The molecule has 0 aromatic heterocycles. The molecular formula is C13H19NO2. The van der Waals surface area contributed by atoms with Gasteiger partial charge in [-0.05, 0) is 18.9 Å². The van der Waals surface area contributed by atoms with Gasteiger partial charge >= 0.3 is 0 Å². The molecule has 0 N–H and O–H groups in total. The largest absolute Gasteiger partial charge is 0.371 e. The van der Waals surface area contributed by atoms with Gasteiger partial charge in [0.05, 0.1) is 6.61 Å². The van der Waals surface area contributed by atoms with Crippen LogP contribution in [-0.4, -0.2) is 37.6 Å². The van der Waals surface area contributed by atoms with E-state index < -0.39 is 0 Å². The van der Waals surface area contributed by atoms with Crippen molar-refractivity contribution in [3.8, 4) is 0 Å². The molecule has 0 saturated heterocycles. The number of rotatable bonds is 6. The Morgan fingerprint density at radius 1 is 1.31 bits per heavy atom. The zero-order valence-corrected chi connectivity index (χ0v) is 9.98. The van der Waals surface area contributed by atoms with E-state index in [2.05, 4.69) is 12.1 Å². The minimum atomic E-state index is 0.0376. The Balaban J connectivity index is 2.15. The van der Waals surface area contributed by atoms with E-state index >= 15 is 0 Å². The summed E-state index contributed by atoms with van der Waals surface area (Å²) in [6, 6.07) is 10.1. The van der Waals surface area contributed by atoms with E-state index in [1.165, 1.54) is 5.56 Å². The molecule has 0 atom stereocenters. The van der Waals surface area contributed by atoms with Crippen molar-refractivity contribution in [2.75, 3.05) is 26.8 Å². The highest BCUT2D eigenvalue weighted by Crippen LogP contribution is 1.99. The highest BCUT2D eigenvalue weighted by atomic mass is 16.5. The van der Waals surface area contributed by atoms with Crippen molar-refractivity contribution in [2.45, 2.75) is 13.3 Å². The van der Waals surface area contributed by atoms with Crippen molar-refractivity contribution in [1.82, 2.24) is 4.90 Å². The summed E-state index contributed by atoms with van der Waals surface area (Å²) in [7, 11) is 1.78. The topological polar surface area (TPSA) is 29.5 Å². The van der Waals surface area contributed by atoms with Crippen molar-refractivity contribution >= 4 is 5.91 Å². The van der Waals surface area contributed by atoms with Gasteiger partial charge in [-0.2, -0.15) is 0 Å². The van der Waals surface area contributed by atoms with Crippen LogP contribution in [0.4, 0.5) is 0 Å². The Morgan fingerprint density at radius 3 is 2.62 bits per heavy atom.